The van der Waals surface area contributed by atoms with Crippen LogP contribution >= 0.6 is 0 Å². The molecule has 2 fully saturated rings. The molecule has 1 N–H and O–H groups in total. The average Bonchev–Trinajstić information content (AvgIpc) is 2.46. The molecular formula is C16H30N2O. The van der Waals surface area contributed by atoms with Gasteiger partial charge in [-0.05, 0) is 37.6 Å². The molecule has 2 rings (SSSR count). The van der Waals surface area contributed by atoms with Crippen molar-refractivity contribution < 1.29 is 4.79 Å². The number of amides is 1. The molecule has 19 heavy (non-hydrogen) atoms. The third-order valence-electron chi connectivity index (χ3n) is 5.17. The van der Waals surface area contributed by atoms with E-state index in [1.165, 1.54) is 44.9 Å². The number of hydrogen-bond donors (Lipinski definition) is 1. The molecule has 3 heteroatoms. The van der Waals surface area contributed by atoms with Crippen molar-refractivity contribution in [1.29, 1.82) is 0 Å². The van der Waals surface area contributed by atoms with Crippen molar-refractivity contribution in [1.82, 2.24) is 10.2 Å². The molecule has 0 bridgehead atoms. The molecule has 110 valence electrons. The van der Waals surface area contributed by atoms with E-state index in [1.54, 1.807) is 0 Å². The Kier molecular flexibility index (Phi) is 5.26. The molecule has 0 aromatic rings. The van der Waals surface area contributed by atoms with Gasteiger partial charge in [0.25, 0.3) is 0 Å². The van der Waals surface area contributed by atoms with Crippen molar-refractivity contribution in [2.24, 2.45) is 11.3 Å². The largest absolute Gasteiger partial charge is 0.342 e. The van der Waals surface area contributed by atoms with Crippen molar-refractivity contribution in [3.63, 3.8) is 0 Å². The minimum atomic E-state index is 0.125. The molecular weight excluding hydrogens is 236 g/mol. The van der Waals surface area contributed by atoms with E-state index < -0.39 is 0 Å². The number of rotatable bonds is 4. The Bertz CT molecular complexity index is 287. The highest BCUT2D eigenvalue weighted by Crippen LogP contribution is 2.44. The van der Waals surface area contributed by atoms with E-state index in [1.807, 2.05) is 0 Å². The molecule has 1 heterocycles. The van der Waals surface area contributed by atoms with Gasteiger partial charge in [-0.1, -0.05) is 33.1 Å². The number of carbonyl (C=O) groups excluding carboxylic acids is 1. The standard InChI is InChI=1S/C16H30N2O/c1-3-17-13-14(2)15(19)18-11-9-16(10-12-18)7-5-4-6-8-16/h14,17H,3-13H2,1-2H3. The summed E-state index contributed by atoms with van der Waals surface area (Å²) in [5, 5.41) is 3.28. The molecule has 1 unspecified atom stereocenters. The van der Waals surface area contributed by atoms with E-state index in [-0.39, 0.29) is 5.92 Å². The number of piperidine rings is 1. The van der Waals surface area contributed by atoms with Crippen LogP contribution in [0.1, 0.15) is 58.8 Å². The van der Waals surface area contributed by atoms with Crippen molar-refractivity contribution in [3.05, 3.63) is 0 Å². The van der Waals surface area contributed by atoms with Gasteiger partial charge in [0, 0.05) is 25.6 Å². The van der Waals surface area contributed by atoms with Crippen LogP contribution in [0.5, 0.6) is 0 Å². The van der Waals surface area contributed by atoms with Gasteiger partial charge in [-0.15, -0.1) is 0 Å². The summed E-state index contributed by atoms with van der Waals surface area (Å²) in [6, 6.07) is 0. The maximum atomic E-state index is 12.4. The van der Waals surface area contributed by atoms with Crippen molar-refractivity contribution in [2.45, 2.75) is 58.8 Å². The highest BCUT2D eigenvalue weighted by Gasteiger charge is 2.37. The summed E-state index contributed by atoms with van der Waals surface area (Å²) in [6.07, 6.45) is 9.53. The lowest BCUT2D eigenvalue weighted by atomic mass is 9.68. The highest BCUT2D eigenvalue weighted by atomic mass is 16.2. The highest BCUT2D eigenvalue weighted by molar-refractivity contribution is 5.78. The predicted molar refractivity (Wildman–Crippen MR) is 79.0 cm³/mol. The van der Waals surface area contributed by atoms with E-state index in [0.29, 0.717) is 11.3 Å². The fourth-order valence-electron chi connectivity index (χ4n) is 3.76. The van der Waals surface area contributed by atoms with Crippen LogP contribution in [0.3, 0.4) is 0 Å². The zero-order valence-electron chi connectivity index (χ0n) is 12.7. The maximum absolute atomic E-state index is 12.4. The lowest BCUT2D eigenvalue weighted by molar-refractivity contribution is -0.137. The fraction of sp³-hybridized carbons (Fsp3) is 0.938. The SMILES string of the molecule is CCNCC(C)C(=O)N1CCC2(CCCCC2)CC1. The molecule has 1 aliphatic heterocycles. The monoisotopic (exact) mass is 266 g/mol. The van der Waals surface area contributed by atoms with Crippen LogP contribution in [-0.4, -0.2) is 37.0 Å². The first-order valence-corrected chi connectivity index (χ1v) is 8.16. The molecule has 0 aromatic carbocycles. The summed E-state index contributed by atoms with van der Waals surface area (Å²) in [7, 11) is 0. The van der Waals surface area contributed by atoms with E-state index in [0.717, 1.165) is 26.2 Å². The Balaban J connectivity index is 1.80. The van der Waals surface area contributed by atoms with Gasteiger partial charge in [-0.3, -0.25) is 4.79 Å². The van der Waals surface area contributed by atoms with E-state index >= 15 is 0 Å². The zero-order chi connectivity index (χ0) is 13.7. The van der Waals surface area contributed by atoms with Crippen LogP contribution < -0.4 is 5.32 Å². The molecule has 0 aromatic heterocycles. The number of nitrogens with zero attached hydrogens (tertiary/aromatic N) is 1. The summed E-state index contributed by atoms with van der Waals surface area (Å²) in [6.45, 7) is 7.89. The second-order valence-electron chi connectivity index (χ2n) is 6.59. The summed E-state index contributed by atoms with van der Waals surface area (Å²) in [5.41, 5.74) is 0.597. The van der Waals surface area contributed by atoms with Crippen LogP contribution in [0.25, 0.3) is 0 Å². The summed E-state index contributed by atoms with van der Waals surface area (Å²) in [4.78, 5) is 14.5. The van der Waals surface area contributed by atoms with E-state index in [2.05, 4.69) is 24.1 Å². The van der Waals surface area contributed by atoms with Crippen LogP contribution in [-0.2, 0) is 4.79 Å². The number of carbonyl (C=O) groups is 1. The van der Waals surface area contributed by atoms with Gasteiger partial charge in [0.1, 0.15) is 0 Å². The first-order valence-electron chi connectivity index (χ1n) is 8.16. The Labute approximate surface area is 118 Å². The fourth-order valence-corrected chi connectivity index (χ4v) is 3.76. The predicted octanol–water partition coefficient (Wildman–Crippen LogP) is 2.80. The molecule has 3 nitrogen and oxygen atoms in total. The third kappa shape index (κ3) is 3.71. The Hall–Kier alpha value is -0.570. The molecule has 1 atom stereocenters. The summed E-state index contributed by atoms with van der Waals surface area (Å²) in [5.74, 6) is 0.479. The minimum absolute atomic E-state index is 0.125. The molecule has 1 aliphatic carbocycles. The maximum Gasteiger partial charge on any atom is 0.226 e. The van der Waals surface area contributed by atoms with E-state index in [9.17, 15) is 4.79 Å². The first-order chi connectivity index (χ1) is 9.17. The van der Waals surface area contributed by atoms with E-state index in [4.69, 9.17) is 0 Å². The number of hydrogen-bond acceptors (Lipinski definition) is 2. The summed E-state index contributed by atoms with van der Waals surface area (Å²) < 4.78 is 0. The van der Waals surface area contributed by atoms with Crippen LogP contribution in [0, 0.1) is 11.3 Å². The molecule has 1 saturated carbocycles. The molecule has 0 radical (unpaired) electrons. The lowest BCUT2D eigenvalue weighted by Crippen LogP contribution is -2.47. The smallest absolute Gasteiger partial charge is 0.226 e. The van der Waals surface area contributed by atoms with Crippen molar-refractivity contribution >= 4 is 5.91 Å². The van der Waals surface area contributed by atoms with Crippen molar-refractivity contribution in [3.8, 4) is 0 Å². The van der Waals surface area contributed by atoms with Gasteiger partial charge in [0.2, 0.25) is 5.91 Å². The summed E-state index contributed by atoms with van der Waals surface area (Å²) >= 11 is 0. The van der Waals surface area contributed by atoms with Crippen LogP contribution in [0.2, 0.25) is 0 Å². The second-order valence-corrected chi connectivity index (χ2v) is 6.59. The number of nitrogens with one attached hydrogen (secondary N) is 1. The average molecular weight is 266 g/mol. The van der Waals surface area contributed by atoms with Crippen molar-refractivity contribution in [2.75, 3.05) is 26.2 Å². The van der Waals surface area contributed by atoms with Gasteiger partial charge in [0.05, 0.1) is 0 Å². The first kappa shape index (κ1) is 14.8. The molecule has 1 spiro atoms. The second kappa shape index (κ2) is 6.74. The van der Waals surface area contributed by atoms with Gasteiger partial charge in [0.15, 0.2) is 0 Å². The zero-order valence-corrected chi connectivity index (χ0v) is 12.7. The lowest BCUT2D eigenvalue weighted by Gasteiger charge is -2.44. The van der Waals surface area contributed by atoms with Gasteiger partial charge in [-0.25, -0.2) is 0 Å². The third-order valence-corrected chi connectivity index (χ3v) is 5.17. The Morgan fingerprint density at radius 3 is 2.37 bits per heavy atom. The van der Waals surface area contributed by atoms with Crippen LogP contribution in [0.4, 0.5) is 0 Å². The van der Waals surface area contributed by atoms with Crippen LogP contribution in [0.15, 0.2) is 0 Å². The Morgan fingerprint density at radius 2 is 1.79 bits per heavy atom. The van der Waals surface area contributed by atoms with Gasteiger partial charge in [-0.2, -0.15) is 0 Å². The number of likely N-dealkylation sites (tertiary alicyclic amines) is 1. The molecule has 2 aliphatic rings. The normalized spacial score (nSPS) is 24.4. The Morgan fingerprint density at radius 1 is 1.16 bits per heavy atom. The topological polar surface area (TPSA) is 32.3 Å². The minimum Gasteiger partial charge on any atom is -0.342 e. The van der Waals surface area contributed by atoms with Gasteiger partial charge >= 0.3 is 0 Å². The molecule has 1 amide bonds. The van der Waals surface area contributed by atoms with Gasteiger partial charge < -0.3 is 10.2 Å². The quantitative estimate of drug-likeness (QED) is 0.848. The molecule has 1 saturated heterocycles.